The highest BCUT2D eigenvalue weighted by atomic mass is 32.1. The average molecular weight is 370 g/mol. The molecule has 0 bridgehead atoms. The number of aryl methyl sites for hydroxylation is 4. The van der Waals surface area contributed by atoms with E-state index in [2.05, 4.69) is 11.1 Å². The first-order valence-electron chi connectivity index (χ1n) is 8.58. The van der Waals surface area contributed by atoms with Crippen LogP contribution in [0.4, 0.5) is 0 Å². The number of thiophene rings is 1. The van der Waals surface area contributed by atoms with Gasteiger partial charge in [0.05, 0.1) is 5.39 Å². The van der Waals surface area contributed by atoms with Crippen LogP contribution in [0, 0.1) is 27.7 Å². The van der Waals surface area contributed by atoms with Crippen molar-refractivity contribution < 1.29 is 9.90 Å². The standard InChI is InChI=1S/C20H22N2O3S/c1-6-15(20(24)25)22-13(5)21-18-17(19(22)23)16(12(4)26-18)14-8-7-10(2)11(3)9-14/h7-9,15H,6H2,1-5H3,(H,24,25). The lowest BCUT2D eigenvalue weighted by Crippen LogP contribution is -2.32. The molecule has 3 aromatic rings. The summed E-state index contributed by atoms with van der Waals surface area (Å²) in [6, 6.07) is 5.21. The number of carboxylic acid groups (broad SMARTS) is 1. The Morgan fingerprint density at radius 3 is 2.50 bits per heavy atom. The van der Waals surface area contributed by atoms with Crippen molar-refractivity contribution in [2.75, 3.05) is 0 Å². The van der Waals surface area contributed by atoms with Crippen LogP contribution >= 0.6 is 11.3 Å². The summed E-state index contributed by atoms with van der Waals surface area (Å²) in [6.45, 7) is 9.52. The van der Waals surface area contributed by atoms with Gasteiger partial charge in [0.2, 0.25) is 0 Å². The molecule has 1 N–H and O–H groups in total. The first-order chi connectivity index (χ1) is 12.3. The Labute approximate surface area is 155 Å². The van der Waals surface area contributed by atoms with E-state index in [4.69, 9.17) is 0 Å². The Balaban J connectivity index is 2.39. The van der Waals surface area contributed by atoms with Crippen molar-refractivity contribution in [2.24, 2.45) is 0 Å². The second-order valence-corrected chi connectivity index (χ2v) is 7.81. The summed E-state index contributed by atoms with van der Waals surface area (Å²) in [5.74, 6) is -0.580. The molecule has 0 aliphatic rings. The number of benzene rings is 1. The normalized spacial score (nSPS) is 12.5. The lowest BCUT2D eigenvalue weighted by atomic mass is 9.99. The highest BCUT2D eigenvalue weighted by Gasteiger charge is 2.25. The zero-order valence-electron chi connectivity index (χ0n) is 15.6. The average Bonchev–Trinajstić information content (AvgIpc) is 2.89. The summed E-state index contributed by atoms with van der Waals surface area (Å²) < 4.78 is 1.32. The van der Waals surface area contributed by atoms with Crippen LogP contribution in [-0.4, -0.2) is 20.6 Å². The van der Waals surface area contributed by atoms with E-state index in [0.717, 1.165) is 21.6 Å². The maximum atomic E-state index is 13.3. The van der Waals surface area contributed by atoms with Crippen molar-refractivity contribution in [3.05, 3.63) is 50.4 Å². The number of carbonyl (C=O) groups is 1. The number of rotatable bonds is 4. The van der Waals surface area contributed by atoms with Gasteiger partial charge in [-0.25, -0.2) is 9.78 Å². The van der Waals surface area contributed by atoms with Gasteiger partial charge < -0.3 is 5.11 Å². The number of hydrogen-bond acceptors (Lipinski definition) is 4. The maximum Gasteiger partial charge on any atom is 0.326 e. The van der Waals surface area contributed by atoms with E-state index in [9.17, 15) is 14.7 Å². The van der Waals surface area contributed by atoms with E-state index in [1.807, 2.05) is 32.9 Å². The van der Waals surface area contributed by atoms with Crippen LogP contribution in [0.5, 0.6) is 0 Å². The van der Waals surface area contributed by atoms with Crippen molar-refractivity contribution >= 4 is 27.5 Å². The van der Waals surface area contributed by atoms with Crippen LogP contribution in [0.1, 0.15) is 41.2 Å². The van der Waals surface area contributed by atoms with Crippen LogP contribution in [0.25, 0.3) is 21.3 Å². The fourth-order valence-corrected chi connectivity index (χ4v) is 4.44. The third kappa shape index (κ3) is 2.84. The Morgan fingerprint density at radius 1 is 1.23 bits per heavy atom. The zero-order valence-corrected chi connectivity index (χ0v) is 16.4. The van der Waals surface area contributed by atoms with Crippen molar-refractivity contribution in [2.45, 2.75) is 47.1 Å². The van der Waals surface area contributed by atoms with Gasteiger partial charge in [0.15, 0.2) is 0 Å². The summed E-state index contributed by atoms with van der Waals surface area (Å²) >= 11 is 1.48. The molecule has 0 spiro atoms. The number of fused-ring (bicyclic) bond motifs is 1. The molecular formula is C20H22N2O3S. The molecule has 0 amide bonds. The van der Waals surface area contributed by atoms with Gasteiger partial charge in [-0.05, 0) is 50.8 Å². The molecule has 0 saturated carbocycles. The SMILES string of the molecule is CCC(C(=O)O)n1c(C)nc2sc(C)c(-c3ccc(C)c(C)c3)c2c1=O. The molecule has 2 aromatic heterocycles. The quantitative estimate of drug-likeness (QED) is 0.739. The Kier molecular flexibility index (Phi) is 4.71. The molecule has 136 valence electrons. The molecule has 1 aromatic carbocycles. The van der Waals surface area contributed by atoms with Crippen molar-refractivity contribution in [1.82, 2.24) is 9.55 Å². The number of aliphatic carboxylic acids is 1. The smallest absolute Gasteiger partial charge is 0.326 e. The van der Waals surface area contributed by atoms with Crippen LogP contribution < -0.4 is 5.56 Å². The highest BCUT2D eigenvalue weighted by molar-refractivity contribution is 7.19. The molecule has 26 heavy (non-hydrogen) atoms. The molecule has 5 nitrogen and oxygen atoms in total. The summed E-state index contributed by atoms with van der Waals surface area (Å²) in [6.07, 6.45) is 0.325. The van der Waals surface area contributed by atoms with Crippen molar-refractivity contribution in [1.29, 1.82) is 0 Å². The fraction of sp³-hybridized carbons (Fsp3) is 0.350. The molecule has 0 radical (unpaired) electrons. The van der Waals surface area contributed by atoms with E-state index in [-0.39, 0.29) is 5.56 Å². The van der Waals surface area contributed by atoms with E-state index >= 15 is 0 Å². The van der Waals surface area contributed by atoms with Crippen LogP contribution in [-0.2, 0) is 4.79 Å². The molecule has 2 heterocycles. The van der Waals surface area contributed by atoms with Gasteiger partial charge in [-0.15, -0.1) is 11.3 Å². The highest BCUT2D eigenvalue weighted by Crippen LogP contribution is 2.36. The Hall–Kier alpha value is -2.47. The molecular weight excluding hydrogens is 348 g/mol. The summed E-state index contributed by atoms with van der Waals surface area (Å²) in [5, 5.41) is 10.0. The number of carboxylic acids is 1. The third-order valence-corrected chi connectivity index (χ3v) is 5.89. The van der Waals surface area contributed by atoms with Crippen molar-refractivity contribution in [3.63, 3.8) is 0 Å². The number of hydrogen-bond donors (Lipinski definition) is 1. The minimum Gasteiger partial charge on any atom is -0.480 e. The minimum atomic E-state index is -1.02. The minimum absolute atomic E-state index is 0.278. The van der Waals surface area contributed by atoms with Gasteiger partial charge in [-0.2, -0.15) is 0 Å². The third-order valence-electron chi connectivity index (χ3n) is 4.89. The lowest BCUT2D eigenvalue weighted by Gasteiger charge is -2.16. The van der Waals surface area contributed by atoms with Gasteiger partial charge in [-0.1, -0.05) is 25.1 Å². The molecule has 0 aliphatic heterocycles. The van der Waals surface area contributed by atoms with Gasteiger partial charge in [0.1, 0.15) is 16.7 Å². The maximum absolute atomic E-state index is 13.3. The largest absolute Gasteiger partial charge is 0.480 e. The second kappa shape index (κ2) is 6.68. The predicted octanol–water partition coefficient (Wildman–Crippen LogP) is 4.39. The van der Waals surface area contributed by atoms with Gasteiger partial charge >= 0.3 is 5.97 Å². The summed E-state index contributed by atoms with van der Waals surface area (Å²) in [7, 11) is 0. The topological polar surface area (TPSA) is 72.2 Å². The molecule has 0 fully saturated rings. The fourth-order valence-electron chi connectivity index (χ4n) is 3.35. The van der Waals surface area contributed by atoms with Gasteiger partial charge in [0.25, 0.3) is 5.56 Å². The van der Waals surface area contributed by atoms with E-state index in [0.29, 0.717) is 22.5 Å². The number of nitrogens with zero attached hydrogens (tertiary/aromatic N) is 2. The zero-order chi connectivity index (χ0) is 19.2. The molecule has 1 unspecified atom stereocenters. The first kappa shape index (κ1) is 18.3. The van der Waals surface area contributed by atoms with Crippen LogP contribution in [0.3, 0.4) is 0 Å². The first-order valence-corrected chi connectivity index (χ1v) is 9.40. The van der Waals surface area contributed by atoms with E-state index in [1.54, 1.807) is 13.8 Å². The molecule has 0 aliphatic carbocycles. The predicted molar refractivity (Wildman–Crippen MR) is 105 cm³/mol. The van der Waals surface area contributed by atoms with E-state index < -0.39 is 12.0 Å². The molecule has 1 atom stereocenters. The monoisotopic (exact) mass is 370 g/mol. The van der Waals surface area contributed by atoms with Crippen LogP contribution in [0.2, 0.25) is 0 Å². The molecule has 6 heteroatoms. The molecule has 3 rings (SSSR count). The summed E-state index contributed by atoms with van der Waals surface area (Å²) in [4.78, 5) is 31.1. The Bertz CT molecular complexity index is 1080. The van der Waals surface area contributed by atoms with Gasteiger partial charge in [0, 0.05) is 10.4 Å². The lowest BCUT2D eigenvalue weighted by molar-refractivity contribution is -0.141. The van der Waals surface area contributed by atoms with Crippen molar-refractivity contribution in [3.8, 4) is 11.1 Å². The van der Waals surface area contributed by atoms with Gasteiger partial charge in [-0.3, -0.25) is 9.36 Å². The second-order valence-electron chi connectivity index (χ2n) is 6.61. The van der Waals surface area contributed by atoms with E-state index in [1.165, 1.54) is 21.5 Å². The molecule has 0 saturated heterocycles. The number of aromatic nitrogens is 2. The summed E-state index contributed by atoms with van der Waals surface area (Å²) in [5.41, 5.74) is 3.89. The Morgan fingerprint density at radius 2 is 1.92 bits per heavy atom. The van der Waals surface area contributed by atoms with Crippen LogP contribution in [0.15, 0.2) is 23.0 Å².